The van der Waals surface area contributed by atoms with E-state index in [0.717, 1.165) is 0 Å². The number of amides is 1. The first-order valence-corrected chi connectivity index (χ1v) is 5.25. The Hall–Kier alpha value is -2.38. The lowest BCUT2D eigenvalue weighted by Gasteiger charge is -2.11. The van der Waals surface area contributed by atoms with Crippen LogP contribution in [0, 0.1) is 0 Å². The highest BCUT2D eigenvalue weighted by atomic mass is 16.5. The van der Waals surface area contributed by atoms with Crippen molar-refractivity contribution in [2.24, 2.45) is 0 Å². The highest BCUT2D eigenvalue weighted by Crippen LogP contribution is 2.22. The van der Waals surface area contributed by atoms with E-state index in [1.165, 1.54) is 22.9 Å². The summed E-state index contributed by atoms with van der Waals surface area (Å²) in [6, 6.07) is 0. The van der Waals surface area contributed by atoms with Crippen LogP contribution in [0.3, 0.4) is 0 Å². The minimum atomic E-state index is -0.0985. The molecule has 0 saturated carbocycles. The molecule has 0 unspecified atom stereocenters. The summed E-state index contributed by atoms with van der Waals surface area (Å²) < 4.78 is 6.60. The number of anilines is 1. The summed E-state index contributed by atoms with van der Waals surface area (Å²) in [6.45, 7) is 0.0789. The number of hydrogen-bond acceptors (Lipinski definition) is 6. The zero-order valence-electron chi connectivity index (χ0n) is 10.4. The summed E-state index contributed by atoms with van der Waals surface area (Å²) >= 11 is 0. The number of likely N-dealkylation sites (N-methyl/N-ethyl adjacent to an activating group) is 1. The normalized spacial score (nSPS) is 10.6. The molecular weight excluding hydrogens is 236 g/mol. The minimum absolute atomic E-state index is 0.0789. The fourth-order valence-electron chi connectivity index (χ4n) is 1.51. The molecule has 2 aromatic heterocycles. The lowest BCUT2D eigenvalue weighted by molar-refractivity contribution is -0.129. The van der Waals surface area contributed by atoms with E-state index in [1.807, 2.05) is 0 Å². The molecule has 0 radical (unpaired) electrons. The van der Waals surface area contributed by atoms with Gasteiger partial charge in [0.1, 0.15) is 12.9 Å². The Kier molecular flexibility index (Phi) is 3.00. The molecule has 0 aliphatic heterocycles. The van der Waals surface area contributed by atoms with Gasteiger partial charge < -0.3 is 15.4 Å². The zero-order valence-corrected chi connectivity index (χ0v) is 10.4. The smallest absolute Gasteiger partial charge is 0.245 e. The molecule has 0 aromatic carbocycles. The predicted molar refractivity (Wildman–Crippen MR) is 65.0 cm³/mol. The van der Waals surface area contributed by atoms with E-state index in [2.05, 4.69) is 15.0 Å². The molecule has 2 rings (SSSR count). The molecule has 8 nitrogen and oxygen atoms in total. The standard InChI is InChI=1S/C10H14N6O2/c1-15(2)6(17)4-16-8-7(14-10(16)11)9(18-3)13-5-12-8/h5H,4H2,1-3H3,(H2,11,14). The van der Waals surface area contributed by atoms with Gasteiger partial charge in [0, 0.05) is 14.1 Å². The predicted octanol–water partition coefficient (Wildman–Crippen LogP) is -0.495. The maximum Gasteiger partial charge on any atom is 0.245 e. The van der Waals surface area contributed by atoms with Gasteiger partial charge in [0.15, 0.2) is 11.2 Å². The summed E-state index contributed by atoms with van der Waals surface area (Å²) in [7, 11) is 4.84. The van der Waals surface area contributed by atoms with E-state index >= 15 is 0 Å². The van der Waals surface area contributed by atoms with Crippen molar-refractivity contribution < 1.29 is 9.53 Å². The molecule has 2 N–H and O–H groups in total. The Morgan fingerprint density at radius 3 is 2.83 bits per heavy atom. The first kappa shape index (κ1) is 12.1. The van der Waals surface area contributed by atoms with Crippen molar-refractivity contribution >= 4 is 23.0 Å². The number of carbonyl (C=O) groups is 1. The molecule has 96 valence electrons. The first-order valence-electron chi connectivity index (χ1n) is 5.25. The van der Waals surface area contributed by atoms with Gasteiger partial charge in [0.05, 0.1) is 7.11 Å². The average molecular weight is 250 g/mol. The van der Waals surface area contributed by atoms with Crippen LogP contribution in [0.15, 0.2) is 6.33 Å². The topological polar surface area (TPSA) is 99.2 Å². The average Bonchev–Trinajstić information content (AvgIpc) is 2.65. The van der Waals surface area contributed by atoms with Gasteiger partial charge in [-0.25, -0.2) is 9.97 Å². The Morgan fingerprint density at radius 1 is 1.50 bits per heavy atom. The van der Waals surface area contributed by atoms with E-state index in [0.29, 0.717) is 17.0 Å². The van der Waals surface area contributed by atoms with Gasteiger partial charge in [-0.1, -0.05) is 0 Å². The van der Waals surface area contributed by atoms with Gasteiger partial charge in [-0.3, -0.25) is 9.36 Å². The molecule has 0 atom stereocenters. The van der Waals surface area contributed by atoms with Crippen LogP contribution in [-0.2, 0) is 11.3 Å². The van der Waals surface area contributed by atoms with Crippen LogP contribution < -0.4 is 10.5 Å². The van der Waals surface area contributed by atoms with Crippen LogP contribution in [-0.4, -0.2) is 51.5 Å². The van der Waals surface area contributed by atoms with Gasteiger partial charge in [-0.15, -0.1) is 0 Å². The number of carbonyl (C=O) groups excluding carboxylic acids is 1. The summed E-state index contributed by atoms with van der Waals surface area (Å²) in [6.07, 6.45) is 1.35. The molecule has 2 heterocycles. The van der Waals surface area contributed by atoms with Crippen molar-refractivity contribution in [1.29, 1.82) is 0 Å². The van der Waals surface area contributed by atoms with Crippen LogP contribution >= 0.6 is 0 Å². The quantitative estimate of drug-likeness (QED) is 0.788. The van der Waals surface area contributed by atoms with E-state index < -0.39 is 0 Å². The van der Waals surface area contributed by atoms with Crippen molar-refractivity contribution in [3.05, 3.63) is 6.33 Å². The van der Waals surface area contributed by atoms with Gasteiger partial charge >= 0.3 is 0 Å². The third-order valence-electron chi connectivity index (χ3n) is 2.51. The van der Waals surface area contributed by atoms with E-state index in [-0.39, 0.29) is 18.4 Å². The Bertz CT molecular complexity index is 591. The van der Waals surface area contributed by atoms with Crippen LogP contribution in [0.4, 0.5) is 5.95 Å². The lowest BCUT2D eigenvalue weighted by atomic mass is 10.5. The van der Waals surface area contributed by atoms with Gasteiger partial charge in [-0.2, -0.15) is 4.98 Å². The second-order valence-corrected chi connectivity index (χ2v) is 3.90. The van der Waals surface area contributed by atoms with Crippen LogP contribution in [0.1, 0.15) is 0 Å². The summed E-state index contributed by atoms with van der Waals surface area (Å²) in [4.78, 5) is 25.3. The second-order valence-electron chi connectivity index (χ2n) is 3.90. The molecule has 0 aliphatic rings. The van der Waals surface area contributed by atoms with Crippen LogP contribution in [0.25, 0.3) is 11.2 Å². The fourth-order valence-corrected chi connectivity index (χ4v) is 1.51. The van der Waals surface area contributed by atoms with Crippen molar-refractivity contribution in [2.45, 2.75) is 6.54 Å². The SMILES string of the molecule is COc1ncnc2c1nc(N)n2CC(=O)N(C)C. The number of rotatable bonds is 3. The number of imidazole rings is 1. The number of hydrogen-bond donors (Lipinski definition) is 1. The number of aromatic nitrogens is 4. The number of ether oxygens (including phenoxy) is 1. The minimum Gasteiger partial charge on any atom is -0.479 e. The van der Waals surface area contributed by atoms with E-state index in [9.17, 15) is 4.79 Å². The van der Waals surface area contributed by atoms with Crippen molar-refractivity contribution in [3.63, 3.8) is 0 Å². The molecule has 8 heteroatoms. The summed E-state index contributed by atoms with van der Waals surface area (Å²) in [5.74, 6) is 0.445. The number of nitrogens with two attached hydrogens (primary N) is 1. The molecule has 0 saturated heterocycles. The maximum absolute atomic E-state index is 11.7. The molecule has 0 aliphatic carbocycles. The molecule has 0 fully saturated rings. The Labute approximate surface area is 103 Å². The largest absolute Gasteiger partial charge is 0.479 e. The van der Waals surface area contributed by atoms with Crippen LogP contribution in [0.2, 0.25) is 0 Å². The van der Waals surface area contributed by atoms with E-state index in [1.54, 1.807) is 14.1 Å². The highest BCUT2D eigenvalue weighted by Gasteiger charge is 2.17. The number of fused-ring (bicyclic) bond motifs is 1. The second kappa shape index (κ2) is 4.47. The molecule has 18 heavy (non-hydrogen) atoms. The number of nitrogens with zero attached hydrogens (tertiary/aromatic N) is 5. The van der Waals surface area contributed by atoms with Gasteiger partial charge in [-0.05, 0) is 0 Å². The molecular formula is C10H14N6O2. The van der Waals surface area contributed by atoms with Crippen molar-refractivity contribution in [2.75, 3.05) is 26.9 Å². The van der Waals surface area contributed by atoms with Gasteiger partial charge in [0.25, 0.3) is 0 Å². The lowest BCUT2D eigenvalue weighted by Crippen LogP contribution is -2.26. The third kappa shape index (κ3) is 1.92. The fraction of sp³-hybridized carbons (Fsp3) is 0.400. The maximum atomic E-state index is 11.7. The highest BCUT2D eigenvalue weighted by molar-refractivity contribution is 5.82. The Morgan fingerprint density at radius 2 is 2.22 bits per heavy atom. The Balaban J connectivity index is 2.51. The monoisotopic (exact) mass is 250 g/mol. The van der Waals surface area contributed by atoms with E-state index in [4.69, 9.17) is 10.5 Å². The molecule has 1 amide bonds. The number of methoxy groups -OCH3 is 1. The third-order valence-corrected chi connectivity index (χ3v) is 2.51. The van der Waals surface area contributed by atoms with Crippen LogP contribution in [0.5, 0.6) is 5.88 Å². The summed E-state index contributed by atoms with van der Waals surface area (Å²) in [5.41, 5.74) is 6.71. The molecule has 0 spiro atoms. The molecule has 0 bridgehead atoms. The molecule has 2 aromatic rings. The first-order chi connectivity index (χ1) is 8.54. The number of nitrogen functional groups attached to an aromatic ring is 1. The van der Waals surface area contributed by atoms with Crippen molar-refractivity contribution in [1.82, 2.24) is 24.4 Å². The van der Waals surface area contributed by atoms with Crippen molar-refractivity contribution in [3.8, 4) is 5.88 Å². The summed E-state index contributed by atoms with van der Waals surface area (Å²) in [5, 5.41) is 0. The van der Waals surface area contributed by atoms with Gasteiger partial charge in [0.2, 0.25) is 17.7 Å². The zero-order chi connectivity index (χ0) is 13.3.